The molecule has 2 atom stereocenters. The van der Waals surface area contributed by atoms with Gasteiger partial charge in [-0.05, 0) is 37.6 Å². The lowest BCUT2D eigenvalue weighted by molar-refractivity contribution is 0.314. The Balaban J connectivity index is 1.51. The first-order valence-corrected chi connectivity index (χ1v) is 7.24. The van der Waals surface area contributed by atoms with Gasteiger partial charge in [0.2, 0.25) is 0 Å². The highest BCUT2D eigenvalue weighted by atomic mass is 32.1. The Hall–Kier alpha value is -0.380. The van der Waals surface area contributed by atoms with Crippen molar-refractivity contribution in [3.63, 3.8) is 0 Å². The minimum atomic E-state index is 0.518. The topological polar surface area (TPSA) is 15.3 Å². The van der Waals surface area contributed by atoms with Gasteiger partial charge in [-0.2, -0.15) is 0 Å². The standard InChI is InChI=1S/C13H20N2S/c1-10(13-3-2-8-16-13)14-11-6-7-15(9-11)12-4-5-12/h2-3,8,10-12,14H,4-7,9H2,1H3/t10-,11?/m1/s1. The molecule has 1 N–H and O–H groups in total. The van der Waals surface area contributed by atoms with Crippen LogP contribution in [0.5, 0.6) is 0 Å². The number of thiophene rings is 1. The summed E-state index contributed by atoms with van der Waals surface area (Å²) in [4.78, 5) is 4.13. The zero-order chi connectivity index (χ0) is 11.0. The number of hydrogen-bond donors (Lipinski definition) is 1. The first kappa shape index (κ1) is 10.8. The third kappa shape index (κ3) is 2.31. The maximum Gasteiger partial charge on any atom is 0.0388 e. The highest BCUT2D eigenvalue weighted by molar-refractivity contribution is 7.10. The molecule has 3 heteroatoms. The fraction of sp³-hybridized carbons (Fsp3) is 0.692. The van der Waals surface area contributed by atoms with Gasteiger partial charge in [0, 0.05) is 36.1 Å². The lowest BCUT2D eigenvalue weighted by Gasteiger charge is -2.19. The van der Waals surface area contributed by atoms with Crippen LogP contribution in [-0.4, -0.2) is 30.1 Å². The van der Waals surface area contributed by atoms with Crippen LogP contribution in [0.3, 0.4) is 0 Å². The molecule has 3 rings (SSSR count). The Morgan fingerprint density at radius 1 is 1.44 bits per heavy atom. The summed E-state index contributed by atoms with van der Waals surface area (Å²) in [5.74, 6) is 0. The molecule has 1 unspecified atom stereocenters. The zero-order valence-electron chi connectivity index (χ0n) is 9.86. The third-order valence-corrected chi connectivity index (χ3v) is 4.79. The monoisotopic (exact) mass is 236 g/mol. The average molecular weight is 236 g/mol. The summed E-state index contributed by atoms with van der Waals surface area (Å²) >= 11 is 1.86. The van der Waals surface area contributed by atoms with Crippen LogP contribution < -0.4 is 5.32 Å². The first-order chi connectivity index (χ1) is 7.83. The Morgan fingerprint density at radius 3 is 3.00 bits per heavy atom. The molecule has 88 valence electrons. The van der Waals surface area contributed by atoms with E-state index in [9.17, 15) is 0 Å². The average Bonchev–Trinajstić information content (AvgIpc) is 2.82. The molecule has 2 aliphatic rings. The van der Waals surface area contributed by atoms with E-state index in [2.05, 4.69) is 34.7 Å². The van der Waals surface area contributed by atoms with Gasteiger partial charge >= 0.3 is 0 Å². The maximum absolute atomic E-state index is 3.76. The van der Waals surface area contributed by atoms with E-state index in [1.54, 1.807) is 0 Å². The Morgan fingerprint density at radius 2 is 2.31 bits per heavy atom. The highest BCUT2D eigenvalue weighted by Crippen LogP contribution is 2.30. The van der Waals surface area contributed by atoms with E-state index in [1.807, 2.05) is 11.3 Å². The fourth-order valence-corrected chi connectivity index (χ4v) is 3.41. The van der Waals surface area contributed by atoms with Crippen LogP contribution in [0.2, 0.25) is 0 Å². The van der Waals surface area contributed by atoms with Crippen LogP contribution in [-0.2, 0) is 0 Å². The van der Waals surface area contributed by atoms with E-state index >= 15 is 0 Å². The molecule has 2 fully saturated rings. The number of hydrogen-bond acceptors (Lipinski definition) is 3. The molecule has 0 amide bonds. The Kier molecular flexibility index (Phi) is 3.01. The third-order valence-electron chi connectivity index (χ3n) is 3.74. The van der Waals surface area contributed by atoms with Gasteiger partial charge in [-0.15, -0.1) is 11.3 Å². The Labute approximate surface area is 102 Å². The second kappa shape index (κ2) is 4.47. The van der Waals surface area contributed by atoms with E-state index in [0.29, 0.717) is 12.1 Å². The van der Waals surface area contributed by atoms with Crippen molar-refractivity contribution >= 4 is 11.3 Å². The van der Waals surface area contributed by atoms with Crippen LogP contribution in [0.1, 0.15) is 37.1 Å². The number of nitrogens with zero attached hydrogens (tertiary/aromatic N) is 1. The minimum Gasteiger partial charge on any atom is -0.305 e. The van der Waals surface area contributed by atoms with Crippen molar-refractivity contribution in [2.75, 3.05) is 13.1 Å². The fourth-order valence-electron chi connectivity index (χ4n) is 2.67. The SMILES string of the molecule is C[C@@H](NC1CCN(C2CC2)C1)c1cccs1. The van der Waals surface area contributed by atoms with E-state index in [4.69, 9.17) is 0 Å². The maximum atomic E-state index is 3.76. The van der Waals surface area contributed by atoms with Gasteiger partial charge in [0.15, 0.2) is 0 Å². The molecule has 0 aromatic carbocycles. The summed E-state index contributed by atoms with van der Waals surface area (Å²) in [5.41, 5.74) is 0. The molecule has 1 aliphatic heterocycles. The van der Waals surface area contributed by atoms with E-state index in [0.717, 1.165) is 6.04 Å². The summed E-state index contributed by atoms with van der Waals surface area (Å²) in [6, 6.07) is 6.53. The molecule has 0 spiro atoms. The van der Waals surface area contributed by atoms with Crippen LogP contribution in [0.25, 0.3) is 0 Å². The second-order valence-electron chi connectivity index (χ2n) is 5.12. The molecule has 16 heavy (non-hydrogen) atoms. The van der Waals surface area contributed by atoms with E-state index in [1.165, 1.54) is 37.2 Å². The lowest BCUT2D eigenvalue weighted by atomic mass is 10.2. The first-order valence-electron chi connectivity index (χ1n) is 6.36. The molecule has 1 saturated carbocycles. The summed E-state index contributed by atoms with van der Waals surface area (Å²) in [7, 11) is 0. The second-order valence-corrected chi connectivity index (χ2v) is 6.09. The molecule has 1 aliphatic carbocycles. The van der Waals surface area contributed by atoms with E-state index in [-0.39, 0.29) is 0 Å². The molecule has 0 bridgehead atoms. The van der Waals surface area contributed by atoms with Crippen molar-refractivity contribution in [3.05, 3.63) is 22.4 Å². The summed E-state index contributed by atoms with van der Waals surface area (Å²) in [6.07, 6.45) is 4.20. The quantitative estimate of drug-likeness (QED) is 0.864. The van der Waals surface area contributed by atoms with Crippen LogP contribution in [0.15, 0.2) is 17.5 Å². The van der Waals surface area contributed by atoms with Crippen molar-refractivity contribution in [2.24, 2.45) is 0 Å². The summed E-state index contributed by atoms with van der Waals surface area (Å²) < 4.78 is 0. The van der Waals surface area contributed by atoms with Crippen molar-refractivity contribution in [1.82, 2.24) is 10.2 Å². The van der Waals surface area contributed by atoms with Gasteiger partial charge in [0.05, 0.1) is 0 Å². The Bertz CT molecular complexity index is 332. The molecule has 0 radical (unpaired) electrons. The van der Waals surface area contributed by atoms with Crippen LogP contribution in [0.4, 0.5) is 0 Å². The smallest absolute Gasteiger partial charge is 0.0388 e. The molecular formula is C13H20N2S. The van der Waals surface area contributed by atoms with Gasteiger partial charge in [-0.3, -0.25) is 4.90 Å². The van der Waals surface area contributed by atoms with Gasteiger partial charge in [-0.1, -0.05) is 6.07 Å². The molecule has 1 aromatic rings. The van der Waals surface area contributed by atoms with Crippen LogP contribution >= 0.6 is 11.3 Å². The minimum absolute atomic E-state index is 0.518. The van der Waals surface area contributed by atoms with Crippen molar-refractivity contribution in [1.29, 1.82) is 0 Å². The zero-order valence-corrected chi connectivity index (χ0v) is 10.7. The summed E-state index contributed by atoms with van der Waals surface area (Å²) in [6.45, 7) is 4.85. The molecule has 1 aromatic heterocycles. The van der Waals surface area contributed by atoms with Gasteiger partial charge in [0.1, 0.15) is 0 Å². The largest absolute Gasteiger partial charge is 0.305 e. The van der Waals surface area contributed by atoms with Crippen LogP contribution in [0, 0.1) is 0 Å². The lowest BCUT2D eigenvalue weighted by Crippen LogP contribution is -2.34. The van der Waals surface area contributed by atoms with Gasteiger partial charge in [0.25, 0.3) is 0 Å². The van der Waals surface area contributed by atoms with E-state index < -0.39 is 0 Å². The summed E-state index contributed by atoms with van der Waals surface area (Å²) in [5, 5.41) is 5.93. The molecule has 2 nitrogen and oxygen atoms in total. The molecule has 2 heterocycles. The highest BCUT2D eigenvalue weighted by Gasteiger charge is 2.34. The van der Waals surface area contributed by atoms with Crippen molar-refractivity contribution in [2.45, 2.75) is 44.3 Å². The number of nitrogens with one attached hydrogen (secondary N) is 1. The van der Waals surface area contributed by atoms with Gasteiger partial charge in [-0.25, -0.2) is 0 Å². The van der Waals surface area contributed by atoms with Crippen molar-refractivity contribution in [3.8, 4) is 0 Å². The number of rotatable bonds is 4. The van der Waals surface area contributed by atoms with Crippen molar-refractivity contribution < 1.29 is 0 Å². The molecule has 1 saturated heterocycles. The normalized spacial score (nSPS) is 28.4. The molecular weight excluding hydrogens is 216 g/mol. The number of likely N-dealkylation sites (tertiary alicyclic amines) is 1. The predicted molar refractivity (Wildman–Crippen MR) is 68.9 cm³/mol. The van der Waals surface area contributed by atoms with Gasteiger partial charge < -0.3 is 5.32 Å². The predicted octanol–water partition coefficient (Wildman–Crippen LogP) is 2.64.